The van der Waals surface area contributed by atoms with Gasteiger partial charge in [0.1, 0.15) is 0 Å². The third-order valence-corrected chi connectivity index (χ3v) is 5.10. The summed E-state index contributed by atoms with van der Waals surface area (Å²) in [7, 11) is 7.34. The number of halogens is 1. The maximum atomic E-state index is 6.26. The fraction of sp³-hybridized carbons (Fsp3) is 0.435. The molecule has 1 atom stereocenters. The van der Waals surface area contributed by atoms with Crippen LogP contribution in [0.25, 0.3) is 0 Å². The zero-order valence-electron chi connectivity index (χ0n) is 18.9. The second-order valence-electron chi connectivity index (χ2n) is 7.10. The first-order valence-corrected chi connectivity index (χ1v) is 10.0. The molecular weight excluding hydrogens is 491 g/mol. The third kappa shape index (κ3) is 6.50. The van der Waals surface area contributed by atoms with Gasteiger partial charge in [0.2, 0.25) is 0 Å². The van der Waals surface area contributed by atoms with E-state index < -0.39 is 0 Å². The molecule has 0 bridgehead atoms. The molecule has 0 spiro atoms. The molecule has 7 heteroatoms. The lowest BCUT2D eigenvalue weighted by Gasteiger charge is -2.24. The Morgan fingerprint density at radius 2 is 1.63 bits per heavy atom. The van der Waals surface area contributed by atoms with Crippen LogP contribution in [0.1, 0.15) is 36.6 Å². The molecule has 0 aliphatic rings. The van der Waals surface area contributed by atoms with Crippen molar-refractivity contribution in [2.24, 2.45) is 10.7 Å². The Morgan fingerprint density at radius 3 is 2.13 bits per heavy atom. The minimum Gasteiger partial charge on any atom is -0.493 e. The maximum Gasteiger partial charge on any atom is 0.193 e. The van der Waals surface area contributed by atoms with Gasteiger partial charge in [-0.3, -0.25) is 4.99 Å². The van der Waals surface area contributed by atoms with Crippen LogP contribution >= 0.6 is 24.0 Å². The summed E-state index contributed by atoms with van der Waals surface area (Å²) in [4.78, 5) is 6.76. The highest BCUT2D eigenvalue weighted by Gasteiger charge is 2.17. The Balaban J connectivity index is 0.00000450. The molecule has 0 aliphatic carbocycles. The Hall–Kier alpha value is -2.00. The SMILES string of the molecule is CCc1cccc(CC)c1NC(N)=NCC(c1ccc(OC)c(OC)c1)N(C)C.I. The molecule has 0 saturated carbocycles. The predicted octanol–water partition coefficient (Wildman–Crippen LogP) is 4.48. The van der Waals surface area contributed by atoms with Gasteiger partial charge in [0.15, 0.2) is 17.5 Å². The Kier molecular flexibility index (Phi) is 11.0. The van der Waals surface area contributed by atoms with Crippen molar-refractivity contribution in [3.63, 3.8) is 0 Å². The number of aryl methyl sites for hydroxylation is 2. The van der Waals surface area contributed by atoms with Crippen LogP contribution in [0, 0.1) is 0 Å². The van der Waals surface area contributed by atoms with E-state index in [-0.39, 0.29) is 30.0 Å². The molecule has 1 unspecified atom stereocenters. The van der Waals surface area contributed by atoms with Crippen LogP contribution < -0.4 is 20.5 Å². The van der Waals surface area contributed by atoms with Gasteiger partial charge in [-0.2, -0.15) is 0 Å². The van der Waals surface area contributed by atoms with Crippen LogP contribution in [0.5, 0.6) is 11.5 Å². The second kappa shape index (κ2) is 12.6. The number of methoxy groups -OCH3 is 2. The quantitative estimate of drug-likeness (QED) is 0.287. The number of nitrogens with zero attached hydrogens (tertiary/aromatic N) is 2. The van der Waals surface area contributed by atoms with E-state index in [4.69, 9.17) is 15.2 Å². The first-order valence-electron chi connectivity index (χ1n) is 10.0. The average Bonchev–Trinajstić information content (AvgIpc) is 2.73. The molecule has 30 heavy (non-hydrogen) atoms. The lowest BCUT2D eigenvalue weighted by Crippen LogP contribution is -2.28. The number of nitrogens with two attached hydrogens (primary N) is 1. The topological polar surface area (TPSA) is 72.1 Å². The number of ether oxygens (including phenoxy) is 2. The number of para-hydroxylation sites is 1. The number of hydrogen-bond acceptors (Lipinski definition) is 4. The minimum absolute atomic E-state index is 0. The van der Waals surface area contributed by atoms with Crippen LogP contribution in [0.4, 0.5) is 5.69 Å². The molecule has 0 aliphatic heterocycles. The first-order chi connectivity index (χ1) is 13.9. The first kappa shape index (κ1) is 26.0. The number of likely N-dealkylation sites (N-methyl/N-ethyl adjacent to an activating group) is 1. The zero-order valence-corrected chi connectivity index (χ0v) is 21.2. The molecule has 0 aromatic heterocycles. The maximum absolute atomic E-state index is 6.26. The standard InChI is InChI=1S/C23H34N4O2.HI/c1-7-16-10-9-11-17(8-2)22(16)26-23(24)25-15-19(27(3)4)18-12-13-20(28-5)21(14-18)29-6;/h9-14,19H,7-8,15H2,1-6H3,(H3,24,25,26);1H. The number of anilines is 1. The Bertz CT molecular complexity index is 818. The minimum atomic E-state index is 0. The summed E-state index contributed by atoms with van der Waals surface area (Å²) in [5.41, 5.74) is 10.9. The molecule has 2 aromatic carbocycles. The molecule has 2 rings (SSSR count). The highest BCUT2D eigenvalue weighted by Crippen LogP contribution is 2.31. The summed E-state index contributed by atoms with van der Waals surface area (Å²) in [5.74, 6) is 1.84. The van der Waals surface area contributed by atoms with E-state index in [1.165, 1.54) is 11.1 Å². The van der Waals surface area contributed by atoms with Crippen molar-refractivity contribution in [3.05, 3.63) is 53.1 Å². The van der Waals surface area contributed by atoms with E-state index in [1.807, 2.05) is 32.3 Å². The average molecular weight is 526 g/mol. The molecular formula is C23H35IN4O2. The van der Waals surface area contributed by atoms with E-state index in [0.717, 1.165) is 24.1 Å². The summed E-state index contributed by atoms with van der Waals surface area (Å²) in [6.07, 6.45) is 1.88. The van der Waals surface area contributed by atoms with Crippen molar-refractivity contribution in [1.82, 2.24) is 4.90 Å². The highest BCUT2D eigenvalue weighted by atomic mass is 127. The van der Waals surface area contributed by atoms with Crippen molar-refractivity contribution in [2.75, 3.05) is 40.2 Å². The van der Waals surface area contributed by atoms with Crippen LogP contribution in [-0.4, -0.2) is 45.7 Å². The zero-order chi connectivity index (χ0) is 21.4. The highest BCUT2D eigenvalue weighted by molar-refractivity contribution is 14.0. The van der Waals surface area contributed by atoms with Gasteiger partial charge in [-0.15, -0.1) is 24.0 Å². The van der Waals surface area contributed by atoms with Crippen LogP contribution in [0.15, 0.2) is 41.4 Å². The molecule has 166 valence electrons. The fourth-order valence-electron chi connectivity index (χ4n) is 3.38. The smallest absolute Gasteiger partial charge is 0.193 e. The van der Waals surface area contributed by atoms with Gasteiger partial charge in [-0.05, 0) is 55.8 Å². The molecule has 0 heterocycles. The number of rotatable bonds is 9. The van der Waals surface area contributed by atoms with E-state index in [0.29, 0.717) is 24.0 Å². The summed E-state index contributed by atoms with van der Waals surface area (Å²) in [6, 6.07) is 12.3. The number of benzene rings is 2. The molecule has 2 aromatic rings. The summed E-state index contributed by atoms with van der Waals surface area (Å²) < 4.78 is 10.8. The van der Waals surface area contributed by atoms with Crippen LogP contribution in [-0.2, 0) is 12.8 Å². The summed E-state index contributed by atoms with van der Waals surface area (Å²) in [5, 5.41) is 3.33. The molecule has 6 nitrogen and oxygen atoms in total. The molecule has 0 amide bonds. The summed E-state index contributed by atoms with van der Waals surface area (Å²) >= 11 is 0. The largest absolute Gasteiger partial charge is 0.493 e. The van der Waals surface area contributed by atoms with E-state index in [1.54, 1.807) is 14.2 Å². The lowest BCUT2D eigenvalue weighted by molar-refractivity contribution is 0.303. The van der Waals surface area contributed by atoms with Gasteiger partial charge in [0.05, 0.1) is 26.8 Å². The van der Waals surface area contributed by atoms with Gasteiger partial charge < -0.3 is 25.4 Å². The van der Waals surface area contributed by atoms with Crippen molar-refractivity contribution >= 4 is 35.6 Å². The fourth-order valence-corrected chi connectivity index (χ4v) is 3.38. The summed E-state index contributed by atoms with van der Waals surface area (Å²) in [6.45, 7) is 4.82. The Morgan fingerprint density at radius 1 is 1.03 bits per heavy atom. The van der Waals surface area contributed by atoms with Crippen molar-refractivity contribution in [2.45, 2.75) is 32.7 Å². The lowest BCUT2D eigenvalue weighted by atomic mass is 10.0. The molecule has 0 radical (unpaired) electrons. The Labute approximate surface area is 197 Å². The van der Waals surface area contributed by atoms with Gasteiger partial charge in [0, 0.05) is 5.69 Å². The van der Waals surface area contributed by atoms with Gasteiger partial charge in [-0.1, -0.05) is 38.1 Å². The van der Waals surface area contributed by atoms with Gasteiger partial charge >= 0.3 is 0 Å². The third-order valence-electron chi connectivity index (χ3n) is 5.10. The van der Waals surface area contributed by atoms with Crippen LogP contribution in [0.2, 0.25) is 0 Å². The number of nitrogens with one attached hydrogen (secondary N) is 1. The van der Waals surface area contributed by atoms with Gasteiger partial charge in [-0.25, -0.2) is 0 Å². The number of guanidine groups is 1. The van der Waals surface area contributed by atoms with Crippen molar-refractivity contribution in [1.29, 1.82) is 0 Å². The molecule has 0 saturated heterocycles. The predicted molar refractivity (Wildman–Crippen MR) is 137 cm³/mol. The van der Waals surface area contributed by atoms with E-state index in [9.17, 15) is 0 Å². The monoisotopic (exact) mass is 526 g/mol. The van der Waals surface area contributed by atoms with Crippen molar-refractivity contribution in [3.8, 4) is 11.5 Å². The van der Waals surface area contributed by atoms with E-state index in [2.05, 4.69) is 47.3 Å². The number of hydrogen-bond donors (Lipinski definition) is 2. The second-order valence-corrected chi connectivity index (χ2v) is 7.10. The van der Waals surface area contributed by atoms with E-state index >= 15 is 0 Å². The molecule has 0 fully saturated rings. The van der Waals surface area contributed by atoms with Crippen molar-refractivity contribution < 1.29 is 9.47 Å². The van der Waals surface area contributed by atoms with Crippen LogP contribution in [0.3, 0.4) is 0 Å². The molecule has 3 N–H and O–H groups in total. The van der Waals surface area contributed by atoms with Gasteiger partial charge in [0.25, 0.3) is 0 Å². The number of aliphatic imine (C=N–C) groups is 1. The normalized spacial score (nSPS) is 12.3.